The molecule has 1 amide bonds. The number of ether oxygens (including phenoxy) is 3. The minimum Gasteiger partial charge on any atom is -0.452 e. The molecule has 170 valence electrons. The van der Waals surface area contributed by atoms with Gasteiger partial charge in [-0.15, -0.1) is 0 Å². The van der Waals surface area contributed by atoms with Gasteiger partial charge < -0.3 is 19.5 Å². The lowest BCUT2D eigenvalue weighted by atomic mass is 10.2. The fraction of sp³-hybridized carbons (Fsp3) is 0.333. The van der Waals surface area contributed by atoms with Gasteiger partial charge in [0.15, 0.2) is 18.1 Å². The van der Waals surface area contributed by atoms with E-state index in [1.165, 1.54) is 19.2 Å². The standard InChI is InChI=1S/C21H21ClN2O7S/c1-23-32(27,28)18-10-13(4-6-15(18)22)20(26)29-12-19(25)24-14-5-7-16-17(11-14)31-21(30-16)8-2-3-9-21/h4-7,10-11,23H,2-3,8-9,12H2,1H3,(H,24,25). The summed E-state index contributed by atoms with van der Waals surface area (Å²) in [6.07, 6.45) is 3.72. The maximum absolute atomic E-state index is 12.3. The van der Waals surface area contributed by atoms with Crippen molar-refractivity contribution in [2.75, 3.05) is 19.0 Å². The van der Waals surface area contributed by atoms with Crippen molar-refractivity contribution in [3.63, 3.8) is 0 Å². The third kappa shape index (κ3) is 4.52. The van der Waals surface area contributed by atoms with Crippen LogP contribution >= 0.6 is 11.6 Å². The van der Waals surface area contributed by atoms with Crippen LogP contribution in [0.1, 0.15) is 36.0 Å². The number of nitrogens with one attached hydrogen (secondary N) is 2. The molecule has 0 saturated heterocycles. The van der Waals surface area contributed by atoms with Crippen LogP contribution in [0, 0.1) is 0 Å². The van der Waals surface area contributed by atoms with E-state index in [1.807, 2.05) is 0 Å². The van der Waals surface area contributed by atoms with Gasteiger partial charge in [0.2, 0.25) is 10.0 Å². The third-order valence-corrected chi connectivity index (χ3v) is 7.14. The van der Waals surface area contributed by atoms with Crippen molar-refractivity contribution in [3.8, 4) is 11.5 Å². The largest absolute Gasteiger partial charge is 0.452 e. The molecule has 2 aliphatic rings. The first kappa shape index (κ1) is 22.4. The van der Waals surface area contributed by atoms with Crippen molar-refractivity contribution in [1.29, 1.82) is 0 Å². The Kier molecular flexibility index (Phi) is 6.02. The van der Waals surface area contributed by atoms with Crippen LogP contribution in [0.4, 0.5) is 5.69 Å². The predicted octanol–water partition coefficient (Wildman–Crippen LogP) is 3.09. The number of carbonyl (C=O) groups is 2. The summed E-state index contributed by atoms with van der Waals surface area (Å²) in [5, 5.41) is 2.59. The Morgan fingerprint density at radius 2 is 1.81 bits per heavy atom. The zero-order chi connectivity index (χ0) is 22.9. The quantitative estimate of drug-likeness (QED) is 0.609. The number of halogens is 1. The Bertz CT molecular complexity index is 1180. The van der Waals surface area contributed by atoms with E-state index >= 15 is 0 Å². The number of hydrogen-bond acceptors (Lipinski definition) is 7. The highest BCUT2D eigenvalue weighted by Gasteiger charge is 2.44. The number of sulfonamides is 1. The van der Waals surface area contributed by atoms with E-state index in [0.717, 1.165) is 31.7 Å². The molecule has 1 aliphatic heterocycles. The molecule has 2 aromatic rings. The van der Waals surface area contributed by atoms with Crippen molar-refractivity contribution in [1.82, 2.24) is 4.72 Å². The summed E-state index contributed by atoms with van der Waals surface area (Å²) in [5.41, 5.74) is 0.415. The molecule has 0 aromatic heterocycles. The second-order valence-corrected chi connectivity index (χ2v) is 9.72. The van der Waals surface area contributed by atoms with Crippen molar-refractivity contribution in [3.05, 3.63) is 47.0 Å². The smallest absolute Gasteiger partial charge is 0.338 e. The average molecular weight is 481 g/mol. The molecule has 9 nitrogen and oxygen atoms in total. The minimum absolute atomic E-state index is 0.0455. The topological polar surface area (TPSA) is 120 Å². The van der Waals surface area contributed by atoms with Gasteiger partial charge in [-0.2, -0.15) is 0 Å². The monoisotopic (exact) mass is 480 g/mol. The number of esters is 1. The normalized spacial score (nSPS) is 16.2. The summed E-state index contributed by atoms with van der Waals surface area (Å²) >= 11 is 5.91. The Hall–Kier alpha value is -2.82. The SMILES string of the molecule is CNS(=O)(=O)c1cc(C(=O)OCC(=O)Nc2ccc3c(c2)OC2(CCCC2)O3)ccc1Cl. The molecular weight excluding hydrogens is 460 g/mol. The van der Waals surface area contributed by atoms with E-state index in [0.29, 0.717) is 17.2 Å². The van der Waals surface area contributed by atoms with Gasteiger partial charge in [-0.25, -0.2) is 17.9 Å². The molecule has 2 aromatic carbocycles. The number of hydrogen-bond donors (Lipinski definition) is 2. The zero-order valence-electron chi connectivity index (χ0n) is 17.1. The predicted molar refractivity (Wildman–Crippen MR) is 116 cm³/mol. The number of benzene rings is 2. The number of amides is 1. The van der Waals surface area contributed by atoms with E-state index in [-0.39, 0.29) is 15.5 Å². The van der Waals surface area contributed by atoms with Crippen molar-refractivity contribution in [2.45, 2.75) is 36.4 Å². The highest BCUT2D eigenvalue weighted by atomic mass is 35.5. The Morgan fingerprint density at radius 3 is 2.53 bits per heavy atom. The molecule has 0 atom stereocenters. The summed E-state index contributed by atoms with van der Waals surface area (Å²) in [5.74, 6) is -0.839. The minimum atomic E-state index is -3.86. The van der Waals surface area contributed by atoms with Crippen LogP contribution in [0.15, 0.2) is 41.3 Å². The molecule has 1 saturated carbocycles. The Morgan fingerprint density at radius 1 is 1.09 bits per heavy atom. The highest BCUT2D eigenvalue weighted by Crippen LogP contribution is 2.47. The second-order valence-electron chi connectivity index (χ2n) is 7.46. The molecule has 4 rings (SSSR count). The van der Waals surface area contributed by atoms with Gasteiger partial charge in [0.1, 0.15) is 4.90 Å². The summed E-state index contributed by atoms with van der Waals surface area (Å²) in [6.45, 7) is -0.562. The third-order valence-electron chi connectivity index (χ3n) is 5.24. The molecule has 1 fully saturated rings. The molecule has 0 radical (unpaired) electrons. The van der Waals surface area contributed by atoms with Crippen LogP contribution in [0.2, 0.25) is 5.02 Å². The van der Waals surface area contributed by atoms with Crippen molar-refractivity contribution >= 4 is 39.2 Å². The molecule has 1 heterocycles. The highest BCUT2D eigenvalue weighted by molar-refractivity contribution is 7.89. The van der Waals surface area contributed by atoms with Crippen LogP contribution in [-0.4, -0.2) is 39.7 Å². The van der Waals surface area contributed by atoms with Gasteiger partial charge in [-0.1, -0.05) is 11.6 Å². The van der Waals surface area contributed by atoms with E-state index in [9.17, 15) is 18.0 Å². The summed E-state index contributed by atoms with van der Waals surface area (Å²) in [4.78, 5) is 24.3. The summed E-state index contributed by atoms with van der Waals surface area (Å²) in [6, 6.07) is 8.73. The van der Waals surface area contributed by atoms with E-state index in [4.69, 9.17) is 25.8 Å². The van der Waals surface area contributed by atoms with E-state index < -0.39 is 34.3 Å². The van der Waals surface area contributed by atoms with Crippen LogP contribution in [0.25, 0.3) is 0 Å². The molecule has 32 heavy (non-hydrogen) atoms. The fourth-order valence-electron chi connectivity index (χ4n) is 3.65. The lowest BCUT2D eigenvalue weighted by Crippen LogP contribution is -2.34. The Labute approximate surface area is 190 Å². The maximum Gasteiger partial charge on any atom is 0.338 e. The molecule has 0 unspecified atom stereocenters. The van der Waals surface area contributed by atoms with Crippen LogP contribution < -0.4 is 19.5 Å². The number of rotatable bonds is 6. The lowest BCUT2D eigenvalue weighted by Gasteiger charge is -2.21. The van der Waals surface area contributed by atoms with Gasteiger partial charge in [-0.05, 0) is 50.2 Å². The first-order chi connectivity index (χ1) is 15.2. The van der Waals surface area contributed by atoms with Crippen molar-refractivity contribution in [2.24, 2.45) is 0 Å². The van der Waals surface area contributed by atoms with Gasteiger partial charge in [0.25, 0.3) is 11.7 Å². The summed E-state index contributed by atoms with van der Waals surface area (Å²) in [7, 11) is -2.63. The van der Waals surface area contributed by atoms with Crippen LogP contribution in [0.3, 0.4) is 0 Å². The van der Waals surface area contributed by atoms with Gasteiger partial charge in [-0.3, -0.25) is 4.79 Å². The molecule has 11 heteroatoms. The first-order valence-electron chi connectivity index (χ1n) is 9.93. The second kappa shape index (κ2) is 8.61. The molecule has 0 bridgehead atoms. The maximum atomic E-state index is 12.3. The van der Waals surface area contributed by atoms with Gasteiger partial charge in [0.05, 0.1) is 10.6 Å². The number of fused-ring (bicyclic) bond motifs is 1. The molecular formula is C21H21ClN2O7S. The van der Waals surface area contributed by atoms with Gasteiger partial charge >= 0.3 is 5.97 Å². The van der Waals surface area contributed by atoms with Gasteiger partial charge in [0, 0.05) is 24.6 Å². The molecule has 2 N–H and O–H groups in total. The fourth-order valence-corrected chi connectivity index (χ4v) is 4.90. The zero-order valence-corrected chi connectivity index (χ0v) is 18.7. The molecule has 1 spiro atoms. The van der Waals surface area contributed by atoms with E-state index in [1.54, 1.807) is 18.2 Å². The van der Waals surface area contributed by atoms with Crippen molar-refractivity contribution < 1.29 is 32.2 Å². The molecule has 1 aliphatic carbocycles. The Balaban J connectivity index is 1.36. The number of carbonyl (C=O) groups excluding carboxylic acids is 2. The van der Waals surface area contributed by atoms with E-state index in [2.05, 4.69) is 10.0 Å². The van der Waals surface area contributed by atoms with Crippen LogP contribution in [0.5, 0.6) is 11.5 Å². The first-order valence-corrected chi connectivity index (χ1v) is 11.8. The average Bonchev–Trinajstić information content (AvgIpc) is 3.37. The summed E-state index contributed by atoms with van der Waals surface area (Å²) < 4.78 is 43.0. The number of anilines is 1. The lowest BCUT2D eigenvalue weighted by molar-refractivity contribution is -0.119. The van der Waals surface area contributed by atoms with Crippen LogP contribution in [-0.2, 0) is 19.6 Å².